The summed E-state index contributed by atoms with van der Waals surface area (Å²) in [4.78, 5) is 0. The highest BCUT2D eigenvalue weighted by molar-refractivity contribution is 5.20. The lowest BCUT2D eigenvalue weighted by atomic mass is 10.2. The molecule has 2 N–H and O–H groups in total. The second-order valence-electron chi connectivity index (χ2n) is 3.18. The van der Waals surface area contributed by atoms with Crippen LogP contribution >= 0.6 is 0 Å². The zero-order valence-electron chi connectivity index (χ0n) is 8.12. The van der Waals surface area contributed by atoms with Gasteiger partial charge in [-0.2, -0.15) is 0 Å². The van der Waals surface area contributed by atoms with E-state index in [4.69, 9.17) is 10.5 Å². The monoisotopic (exact) mass is 179 g/mol. The summed E-state index contributed by atoms with van der Waals surface area (Å²) in [6.07, 6.45) is 0.936. The Kier molecular flexibility index (Phi) is 4.50. The molecule has 0 amide bonds. The fourth-order valence-corrected chi connectivity index (χ4v) is 1.06. The van der Waals surface area contributed by atoms with Gasteiger partial charge in [0.05, 0.1) is 6.61 Å². The van der Waals surface area contributed by atoms with Gasteiger partial charge in [0.25, 0.3) is 0 Å². The van der Waals surface area contributed by atoms with Crippen LogP contribution in [0.3, 0.4) is 0 Å². The summed E-state index contributed by atoms with van der Waals surface area (Å²) in [5.41, 5.74) is 7.86. The van der Waals surface area contributed by atoms with Crippen molar-refractivity contribution < 1.29 is 4.74 Å². The van der Waals surface area contributed by atoms with Gasteiger partial charge >= 0.3 is 0 Å². The van der Waals surface area contributed by atoms with E-state index in [1.165, 1.54) is 11.1 Å². The highest BCUT2D eigenvalue weighted by Gasteiger charge is 1.91. The smallest absolute Gasteiger partial charge is 0.0716 e. The van der Waals surface area contributed by atoms with Crippen molar-refractivity contribution in [3.05, 3.63) is 35.4 Å². The molecule has 0 spiro atoms. The number of aryl methyl sites for hydroxylation is 1. The first-order valence-electron chi connectivity index (χ1n) is 4.66. The summed E-state index contributed by atoms with van der Waals surface area (Å²) in [7, 11) is 0. The third kappa shape index (κ3) is 4.06. The van der Waals surface area contributed by atoms with Crippen molar-refractivity contribution in [2.24, 2.45) is 5.73 Å². The third-order valence-corrected chi connectivity index (χ3v) is 1.88. The van der Waals surface area contributed by atoms with Crippen LogP contribution in [-0.2, 0) is 11.3 Å². The Morgan fingerprint density at radius 1 is 1.23 bits per heavy atom. The summed E-state index contributed by atoms with van der Waals surface area (Å²) in [5.74, 6) is 0. The molecular formula is C11H17NO. The maximum absolute atomic E-state index is 5.42. The minimum Gasteiger partial charge on any atom is -0.377 e. The van der Waals surface area contributed by atoms with Crippen LogP contribution in [-0.4, -0.2) is 13.2 Å². The largest absolute Gasteiger partial charge is 0.377 e. The van der Waals surface area contributed by atoms with Gasteiger partial charge in [0.2, 0.25) is 0 Å². The van der Waals surface area contributed by atoms with Crippen LogP contribution in [0.5, 0.6) is 0 Å². The third-order valence-electron chi connectivity index (χ3n) is 1.88. The Morgan fingerprint density at radius 3 is 2.54 bits per heavy atom. The van der Waals surface area contributed by atoms with Gasteiger partial charge in [-0.15, -0.1) is 0 Å². The molecule has 0 radical (unpaired) electrons. The number of rotatable bonds is 5. The number of hydrogen-bond donors (Lipinski definition) is 1. The highest BCUT2D eigenvalue weighted by Crippen LogP contribution is 2.04. The summed E-state index contributed by atoms with van der Waals surface area (Å²) < 4.78 is 5.42. The number of nitrogens with two attached hydrogens (primary N) is 1. The molecule has 72 valence electrons. The van der Waals surface area contributed by atoms with Crippen molar-refractivity contribution in [3.63, 3.8) is 0 Å². The lowest BCUT2D eigenvalue weighted by molar-refractivity contribution is 0.120. The molecule has 2 nitrogen and oxygen atoms in total. The standard InChI is InChI=1S/C11H17NO/c1-10-3-5-11(6-4-10)9-13-8-2-7-12/h3-6H,2,7-9,12H2,1H3. The fourth-order valence-electron chi connectivity index (χ4n) is 1.06. The molecule has 0 aliphatic rings. The molecule has 1 aromatic carbocycles. The van der Waals surface area contributed by atoms with Crippen molar-refractivity contribution in [2.45, 2.75) is 20.0 Å². The summed E-state index contributed by atoms with van der Waals surface area (Å²) in [5, 5.41) is 0. The molecule has 13 heavy (non-hydrogen) atoms. The predicted octanol–water partition coefficient (Wildman–Crippen LogP) is 1.86. The average molecular weight is 179 g/mol. The van der Waals surface area contributed by atoms with Crippen LogP contribution in [0.15, 0.2) is 24.3 Å². The molecule has 0 saturated carbocycles. The molecule has 2 heteroatoms. The minimum atomic E-state index is 0.695. The zero-order chi connectivity index (χ0) is 9.52. The van der Waals surface area contributed by atoms with Crippen molar-refractivity contribution >= 4 is 0 Å². The van der Waals surface area contributed by atoms with Crippen molar-refractivity contribution in [2.75, 3.05) is 13.2 Å². The van der Waals surface area contributed by atoms with Crippen LogP contribution in [0.25, 0.3) is 0 Å². The van der Waals surface area contributed by atoms with Gasteiger partial charge in [-0.25, -0.2) is 0 Å². The maximum Gasteiger partial charge on any atom is 0.0716 e. The highest BCUT2D eigenvalue weighted by atomic mass is 16.5. The van der Waals surface area contributed by atoms with Crippen LogP contribution in [0, 0.1) is 6.92 Å². The molecule has 0 fully saturated rings. The summed E-state index contributed by atoms with van der Waals surface area (Å²) in [6, 6.07) is 8.39. The Balaban J connectivity index is 2.25. The van der Waals surface area contributed by atoms with E-state index < -0.39 is 0 Å². The van der Waals surface area contributed by atoms with Crippen molar-refractivity contribution in [3.8, 4) is 0 Å². The van der Waals surface area contributed by atoms with E-state index in [-0.39, 0.29) is 0 Å². The van der Waals surface area contributed by atoms with Crippen LogP contribution < -0.4 is 5.73 Å². The molecule has 0 aromatic heterocycles. The van der Waals surface area contributed by atoms with Gasteiger partial charge in [-0.1, -0.05) is 29.8 Å². The summed E-state index contributed by atoms with van der Waals surface area (Å²) in [6.45, 7) is 4.23. The molecular weight excluding hydrogens is 162 g/mol. The Bertz CT molecular complexity index is 230. The zero-order valence-corrected chi connectivity index (χ0v) is 8.12. The number of benzene rings is 1. The average Bonchev–Trinajstić information content (AvgIpc) is 2.15. The second-order valence-corrected chi connectivity index (χ2v) is 3.18. The van der Waals surface area contributed by atoms with Gasteiger partial charge in [0, 0.05) is 6.61 Å². The first-order chi connectivity index (χ1) is 6.33. The Labute approximate surface area is 79.7 Å². The van der Waals surface area contributed by atoms with Gasteiger partial charge in [0.15, 0.2) is 0 Å². The molecule has 0 unspecified atom stereocenters. The van der Waals surface area contributed by atoms with Crippen LogP contribution in [0.2, 0.25) is 0 Å². The normalized spacial score (nSPS) is 10.3. The molecule has 1 rings (SSSR count). The Morgan fingerprint density at radius 2 is 1.92 bits per heavy atom. The van der Waals surface area contributed by atoms with Crippen LogP contribution in [0.1, 0.15) is 17.5 Å². The van der Waals surface area contributed by atoms with E-state index in [0.29, 0.717) is 13.2 Å². The van der Waals surface area contributed by atoms with E-state index in [0.717, 1.165) is 13.0 Å². The van der Waals surface area contributed by atoms with Gasteiger partial charge in [0.1, 0.15) is 0 Å². The molecule has 0 atom stereocenters. The molecule has 0 aliphatic carbocycles. The van der Waals surface area contributed by atoms with Gasteiger partial charge < -0.3 is 10.5 Å². The fraction of sp³-hybridized carbons (Fsp3) is 0.455. The number of ether oxygens (including phenoxy) is 1. The topological polar surface area (TPSA) is 35.2 Å². The minimum absolute atomic E-state index is 0.695. The predicted molar refractivity (Wildman–Crippen MR) is 54.5 cm³/mol. The van der Waals surface area contributed by atoms with Gasteiger partial charge in [-0.3, -0.25) is 0 Å². The van der Waals surface area contributed by atoms with Gasteiger partial charge in [-0.05, 0) is 25.5 Å². The lowest BCUT2D eigenvalue weighted by Gasteiger charge is -2.03. The molecule has 0 heterocycles. The lowest BCUT2D eigenvalue weighted by Crippen LogP contribution is -2.04. The summed E-state index contributed by atoms with van der Waals surface area (Å²) >= 11 is 0. The molecule has 0 aliphatic heterocycles. The van der Waals surface area contributed by atoms with E-state index in [9.17, 15) is 0 Å². The molecule has 1 aromatic rings. The maximum atomic E-state index is 5.42. The quantitative estimate of drug-likeness (QED) is 0.700. The molecule has 0 saturated heterocycles. The number of hydrogen-bond acceptors (Lipinski definition) is 2. The SMILES string of the molecule is Cc1ccc(COCCCN)cc1. The van der Waals surface area contributed by atoms with Crippen molar-refractivity contribution in [1.82, 2.24) is 0 Å². The second kappa shape index (κ2) is 5.73. The Hall–Kier alpha value is -0.860. The first-order valence-corrected chi connectivity index (χ1v) is 4.66. The van der Waals surface area contributed by atoms with E-state index >= 15 is 0 Å². The van der Waals surface area contributed by atoms with E-state index in [2.05, 4.69) is 31.2 Å². The van der Waals surface area contributed by atoms with Crippen LogP contribution in [0.4, 0.5) is 0 Å². The van der Waals surface area contributed by atoms with E-state index in [1.807, 2.05) is 0 Å². The first kappa shape index (κ1) is 10.2. The molecule has 0 bridgehead atoms. The van der Waals surface area contributed by atoms with E-state index in [1.54, 1.807) is 0 Å². The van der Waals surface area contributed by atoms with Crippen molar-refractivity contribution in [1.29, 1.82) is 0 Å².